The average Bonchev–Trinajstić information content (AvgIpc) is 2.83. The first-order chi connectivity index (χ1) is 8.25. The molecule has 1 aliphatic rings. The van der Waals surface area contributed by atoms with E-state index in [1.807, 2.05) is 11.9 Å². The van der Waals surface area contributed by atoms with Gasteiger partial charge in [-0.1, -0.05) is 0 Å². The lowest BCUT2D eigenvalue weighted by molar-refractivity contribution is -0.131. The predicted molar refractivity (Wildman–Crippen MR) is 71.0 cm³/mol. The van der Waals surface area contributed by atoms with Gasteiger partial charge in [-0.15, -0.1) is 0 Å². The van der Waals surface area contributed by atoms with E-state index >= 15 is 0 Å². The Kier molecular flexibility index (Phi) is 4.57. The number of carbonyl (C=O) groups is 1. The van der Waals surface area contributed by atoms with Crippen molar-refractivity contribution in [2.75, 3.05) is 20.1 Å². The van der Waals surface area contributed by atoms with Crippen LogP contribution in [0.3, 0.4) is 0 Å². The van der Waals surface area contributed by atoms with Crippen LogP contribution in [0.1, 0.15) is 24.8 Å². The molecule has 0 aliphatic carbocycles. The zero-order chi connectivity index (χ0) is 12.1. The van der Waals surface area contributed by atoms with E-state index in [9.17, 15) is 4.79 Å². The van der Waals surface area contributed by atoms with Crippen LogP contribution in [0.4, 0.5) is 0 Å². The topological polar surface area (TPSA) is 32.3 Å². The number of amides is 1. The summed E-state index contributed by atoms with van der Waals surface area (Å²) in [6.07, 6.45) is 2.98. The fourth-order valence-corrected chi connectivity index (χ4v) is 2.89. The first kappa shape index (κ1) is 12.6. The second kappa shape index (κ2) is 6.17. The van der Waals surface area contributed by atoms with Crippen LogP contribution in [-0.4, -0.2) is 30.9 Å². The van der Waals surface area contributed by atoms with E-state index < -0.39 is 0 Å². The first-order valence-electron chi connectivity index (χ1n) is 6.21. The second-order valence-corrected chi connectivity index (χ2v) is 5.56. The Morgan fingerprint density at radius 1 is 1.53 bits per heavy atom. The van der Waals surface area contributed by atoms with Gasteiger partial charge in [-0.25, -0.2) is 0 Å². The molecule has 0 radical (unpaired) electrons. The van der Waals surface area contributed by atoms with Crippen LogP contribution in [0.2, 0.25) is 0 Å². The average molecular weight is 252 g/mol. The Morgan fingerprint density at radius 3 is 2.94 bits per heavy atom. The van der Waals surface area contributed by atoms with Crippen molar-refractivity contribution in [3.8, 4) is 0 Å². The van der Waals surface area contributed by atoms with Gasteiger partial charge in [-0.3, -0.25) is 4.79 Å². The summed E-state index contributed by atoms with van der Waals surface area (Å²) in [5.41, 5.74) is 1.23. The number of thiophene rings is 1. The van der Waals surface area contributed by atoms with E-state index in [4.69, 9.17) is 0 Å². The van der Waals surface area contributed by atoms with E-state index in [0.29, 0.717) is 12.3 Å². The SMILES string of the molecule is CN(Cc1ccsc1)C(=O)CC1CCNCC1. The van der Waals surface area contributed by atoms with Crippen LogP contribution in [0.5, 0.6) is 0 Å². The maximum Gasteiger partial charge on any atom is 0.222 e. The molecule has 0 spiro atoms. The third kappa shape index (κ3) is 3.82. The van der Waals surface area contributed by atoms with Crippen molar-refractivity contribution in [3.05, 3.63) is 22.4 Å². The molecule has 1 aliphatic heterocycles. The van der Waals surface area contributed by atoms with E-state index in [1.165, 1.54) is 5.56 Å². The van der Waals surface area contributed by atoms with Crippen molar-refractivity contribution in [2.45, 2.75) is 25.8 Å². The molecule has 4 heteroatoms. The minimum atomic E-state index is 0.281. The molecular weight excluding hydrogens is 232 g/mol. The van der Waals surface area contributed by atoms with Gasteiger partial charge >= 0.3 is 0 Å². The summed E-state index contributed by atoms with van der Waals surface area (Å²) in [6, 6.07) is 2.08. The zero-order valence-electron chi connectivity index (χ0n) is 10.3. The fourth-order valence-electron chi connectivity index (χ4n) is 2.23. The lowest BCUT2D eigenvalue weighted by Gasteiger charge is -2.24. The molecule has 1 saturated heterocycles. The molecule has 17 heavy (non-hydrogen) atoms. The van der Waals surface area contributed by atoms with Crippen molar-refractivity contribution in [1.82, 2.24) is 10.2 Å². The fraction of sp³-hybridized carbons (Fsp3) is 0.615. The van der Waals surface area contributed by atoms with E-state index in [-0.39, 0.29) is 5.91 Å². The van der Waals surface area contributed by atoms with Gasteiger partial charge in [0.15, 0.2) is 0 Å². The van der Waals surface area contributed by atoms with Crippen LogP contribution >= 0.6 is 11.3 Å². The van der Waals surface area contributed by atoms with Crippen molar-refractivity contribution in [1.29, 1.82) is 0 Å². The monoisotopic (exact) mass is 252 g/mol. The number of rotatable bonds is 4. The summed E-state index contributed by atoms with van der Waals surface area (Å²) < 4.78 is 0. The molecule has 1 N–H and O–H groups in total. The van der Waals surface area contributed by atoms with Gasteiger partial charge < -0.3 is 10.2 Å². The molecule has 2 rings (SSSR count). The smallest absolute Gasteiger partial charge is 0.222 e. The highest BCUT2D eigenvalue weighted by Gasteiger charge is 2.19. The van der Waals surface area contributed by atoms with Crippen LogP contribution in [0.25, 0.3) is 0 Å². The van der Waals surface area contributed by atoms with Gasteiger partial charge in [0.2, 0.25) is 5.91 Å². The Balaban J connectivity index is 1.78. The van der Waals surface area contributed by atoms with Crippen molar-refractivity contribution in [2.24, 2.45) is 5.92 Å². The van der Waals surface area contributed by atoms with Crippen LogP contribution in [0.15, 0.2) is 16.8 Å². The highest BCUT2D eigenvalue weighted by atomic mass is 32.1. The molecule has 0 saturated carbocycles. The van der Waals surface area contributed by atoms with Crippen molar-refractivity contribution in [3.63, 3.8) is 0 Å². The molecule has 1 amide bonds. The molecule has 94 valence electrons. The molecule has 0 bridgehead atoms. The Labute approximate surface area is 107 Å². The van der Waals surface area contributed by atoms with Gasteiger partial charge in [0.05, 0.1) is 0 Å². The van der Waals surface area contributed by atoms with Gasteiger partial charge in [0.1, 0.15) is 0 Å². The van der Waals surface area contributed by atoms with Crippen LogP contribution in [-0.2, 0) is 11.3 Å². The quantitative estimate of drug-likeness (QED) is 0.890. The lowest BCUT2D eigenvalue weighted by atomic mass is 9.94. The van der Waals surface area contributed by atoms with Crippen molar-refractivity contribution >= 4 is 17.2 Å². The number of hydrogen-bond donors (Lipinski definition) is 1. The number of nitrogens with zero attached hydrogens (tertiary/aromatic N) is 1. The van der Waals surface area contributed by atoms with Gasteiger partial charge in [-0.2, -0.15) is 11.3 Å². The number of nitrogens with one attached hydrogen (secondary N) is 1. The van der Waals surface area contributed by atoms with E-state index in [0.717, 1.165) is 32.5 Å². The third-order valence-electron chi connectivity index (χ3n) is 3.35. The standard InChI is InChI=1S/C13H20N2OS/c1-15(9-12-4-7-17-10-12)13(16)8-11-2-5-14-6-3-11/h4,7,10-11,14H,2-3,5-6,8-9H2,1H3. The Bertz CT molecular complexity index is 344. The normalized spacial score (nSPS) is 17.0. The summed E-state index contributed by atoms with van der Waals surface area (Å²) in [5, 5.41) is 7.49. The molecule has 0 aromatic carbocycles. The third-order valence-corrected chi connectivity index (χ3v) is 4.08. The maximum absolute atomic E-state index is 12.0. The molecule has 2 heterocycles. The minimum Gasteiger partial charge on any atom is -0.341 e. The molecule has 0 atom stereocenters. The second-order valence-electron chi connectivity index (χ2n) is 4.78. The summed E-state index contributed by atoms with van der Waals surface area (Å²) in [6.45, 7) is 2.87. The predicted octanol–water partition coefficient (Wildman–Crippen LogP) is 2.10. The van der Waals surface area contributed by atoms with E-state index in [1.54, 1.807) is 11.3 Å². The zero-order valence-corrected chi connectivity index (χ0v) is 11.1. The molecular formula is C13H20N2OS. The molecule has 1 aromatic rings. The molecule has 0 unspecified atom stereocenters. The summed E-state index contributed by atoms with van der Waals surface area (Å²) in [5.74, 6) is 0.858. The molecule has 1 fully saturated rings. The van der Waals surface area contributed by atoms with Crippen LogP contribution in [0, 0.1) is 5.92 Å². The van der Waals surface area contributed by atoms with Gasteiger partial charge in [0.25, 0.3) is 0 Å². The maximum atomic E-state index is 12.0. The highest BCUT2D eigenvalue weighted by Crippen LogP contribution is 2.17. The summed E-state index contributed by atoms with van der Waals surface area (Å²) >= 11 is 1.68. The first-order valence-corrected chi connectivity index (χ1v) is 7.16. The highest BCUT2D eigenvalue weighted by molar-refractivity contribution is 7.07. The van der Waals surface area contributed by atoms with Gasteiger partial charge in [0, 0.05) is 20.0 Å². The summed E-state index contributed by atoms with van der Waals surface area (Å²) in [4.78, 5) is 13.9. The largest absolute Gasteiger partial charge is 0.341 e. The van der Waals surface area contributed by atoms with Crippen molar-refractivity contribution < 1.29 is 4.79 Å². The molecule has 1 aromatic heterocycles. The Morgan fingerprint density at radius 2 is 2.29 bits per heavy atom. The van der Waals surface area contributed by atoms with Crippen LogP contribution < -0.4 is 5.32 Å². The Hall–Kier alpha value is -0.870. The number of hydrogen-bond acceptors (Lipinski definition) is 3. The number of carbonyl (C=O) groups excluding carboxylic acids is 1. The summed E-state index contributed by atoms with van der Waals surface area (Å²) in [7, 11) is 1.90. The molecule has 3 nitrogen and oxygen atoms in total. The number of piperidine rings is 1. The lowest BCUT2D eigenvalue weighted by Crippen LogP contribution is -2.33. The minimum absolute atomic E-state index is 0.281. The van der Waals surface area contributed by atoms with E-state index in [2.05, 4.69) is 22.1 Å². The van der Waals surface area contributed by atoms with Gasteiger partial charge in [-0.05, 0) is 54.2 Å².